The zero-order chi connectivity index (χ0) is 9.90. The summed E-state index contributed by atoms with van der Waals surface area (Å²) < 4.78 is 10.2. The first-order chi connectivity index (χ1) is 6.16. The van der Waals surface area contributed by atoms with Crippen molar-refractivity contribution in [3.63, 3.8) is 0 Å². The Morgan fingerprint density at radius 3 is 2.31 bits per heavy atom. The highest BCUT2D eigenvalue weighted by atomic mass is 16.7. The van der Waals surface area contributed by atoms with Gasteiger partial charge in [0.05, 0.1) is 6.07 Å². The Kier molecular flexibility index (Phi) is 3.26. The quantitative estimate of drug-likeness (QED) is 0.637. The number of methoxy groups -OCH3 is 2. The largest absolute Gasteiger partial charge is 0.353 e. The minimum Gasteiger partial charge on any atom is -0.353 e. The molecule has 13 heavy (non-hydrogen) atoms. The number of hydrogen-bond donors (Lipinski definition) is 1. The van der Waals surface area contributed by atoms with Crippen LogP contribution in [-0.2, 0) is 9.47 Å². The lowest BCUT2D eigenvalue weighted by atomic mass is 10.0. The molecule has 1 fully saturated rings. The number of nitrogens with one attached hydrogen (secondary N) is 1. The van der Waals surface area contributed by atoms with E-state index in [2.05, 4.69) is 11.4 Å². The second-order valence-corrected chi connectivity index (χ2v) is 3.54. The fourth-order valence-electron chi connectivity index (χ4n) is 1.37. The Labute approximate surface area is 78.8 Å². The van der Waals surface area contributed by atoms with Gasteiger partial charge in [0.25, 0.3) is 0 Å². The van der Waals surface area contributed by atoms with Crippen molar-refractivity contribution >= 4 is 0 Å². The molecule has 1 aliphatic carbocycles. The Balaban J connectivity index is 2.59. The van der Waals surface area contributed by atoms with Crippen molar-refractivity contribution in [3.8, 4) is 6.07 Å². The second-order valence-electron chi connectivity index (χ2n) is 3.54. The first kappa shape index (κ1) is 10.5. The van der Waals surface area contributed by atoms with E-state index >= 15 is 0 Å². The summed E-state index contributed by atoms with van der Waals surface area (Å²) in [5.41, 5.74) is -0.745. The molecule has 0 bridgehead atoms. The third kappa shape index (κ3) is 2.41. The maximum atomic E-state index is 9.02. The molecule has 1 saturated carbocycles. The van der Waals surface area contributed by atoms with E-state index in [0.29, 0.717) is 6.04 Å². The first-order valence-electron chi connectivity index (χ1n) is 4.41. The van der Waals surface area contributed by atoms with Gasteiger partial charge in [0.15, 0.2) is 11.8 Å². The van der Waals surface area contributed by atoms with Gasteiger partial charge in [-0.3, -0.25) is 5.32 Å². The van der Waals surface area contributed by atoms with E-state index in [1.807, 2.05) is 0 Å². The molecule has 4 heteroatoms. The van der Waals surface area contributed by atoms with Crippen molar-refractivity contribution in [2.45, 2.75) is 37.6 Å². The van der Waals surface area contributed by atoms with Crippen molar-refractivity contribution < 1.29 is 9.47 Å². The molecule has 4 nitrogen and oxygen atoms in total. The molecule has 0 saturated heterocycles. The van der Waals surface area contributed by atoms with Crippen LogP contribution < -0.4 is 5.32 Å². The summed E-state index contributed by atoms with van der Waals surface area (Å²) in [4.78, 5) is 0. The van der Waals surface area contributed by atoms with E-state index in [9.17, 15) is 0 Å². The van der Waals surface area contributed by atoms with Gasteiger partial charge < -0.3 is 9.47 Å². The molecular weight excluding hydrogens is 168 g/mol. The average Bonchev–Trinajstić information content (AvgIpc) is 2.90. The molecule has 0 aromatic carbocycles. The zero-order valence-corrected chi connectivity index (χ0v) is 8.33. The van der Waals surface area contributed by atoms with Gasteiger partial charge in [-0.15, -0.1) is 0 Å². The summed E-state index contributed by atoms with van der Waals surface area (Å²) in [7, 11) is 3.08. The molecule has 0 aromatic rings. The lowest BCUT2D eigenvalue weighted by molar-refractivity contribution is -0.137. The third-order valence-electron chi connectivity index (χ3n) is 2.21. The minimum absolute atomic E-state index is 0.456. The highest BCUT2D eigenvalue weighted by Crippen LogP contribution is 2.24. The van der Waals surface area contributed by atoms with Crippen molar-refractivity contribution in [1.82, 2.24) is 5.32 Å². The van der Waals surface area contributed by atoms with Gasteiger partial charge in [-0.2, -0.15) is 5.26 Å². The van der Waals surface area contributed by atoms with E-state index in [4.69, 9.17) is 14.7 Å². The number of hydrogen-bond acceptors (Lipinski definition) is 4. The van der Waals surface area contributed by atoms with Crippen LogP contribution in [0.15, 0.2) is 0 Å². The molecule has 1 unspecified atom stereocenters. The Morgan fingerprint density at radius 2 is 2.00 bits per heavy atom. The monoisotopic (exact) mass is 184 g/mol. The summed E-state index contributed by atoms with van der Waals surface area (Å²) >= 11 is 0. The predicted molar refractivity (Wildman–Crippen MR) is 48.0 cm³/mol. The fourth-order valence-corrected chi connectivity index (χ4v) is 1.37. The van der Waals surface area contributed by atoms with Gasteiger partial charge in [0, 0.05) is 20.3 Å². The van der Waals surface area contributed by atoms with Gasteiger partial charge in [-0.05, 0) is 19.8 Å². The molecule has 0 aliphatic heterocycles. The van der Waals surface area contributed by atoms with E-state index in [1.165, 1.54) is 0 Å². The van der Waals surface area contributed by atoms with Crippen LogP contribution >= 0.6 is 0 Å². The lowest BCUT2D eigenvalue weighted by Crippen LogP contribution is -2.53. The van der Waals surface area contributed by atoms with Crippen molar-refractivity contribution in [2.75, 3.05) is 14.2 Å². The predicted octanol–water partition coefficient (Wildman–Crippen LogP) is 0.640. The van der Waals surface area contributed by atoms with Crippen LogP contribution in [0.5, 0.6) is 0 Å². The van der Waals surface area contributed by atoms with Crippen LogP contribution in [0.1, 0.15) is 19.8 Å². The summed E-state index contributed by atoms with van der Waals surface area (Å²) in [6, 6.07) is 2.65. The maximum Gasteiger partial charge on any atom is 0.188 e. The van der Waals surface area contributed by atoms with Gasteiger partial charge in [0.1, 0.15) is 0 Å². The molecule has 0 spiro atoms. The molecule has 0 amide bonds. The second kappa shape index (κ2) is 4.05. The van der Waals surface area contributed by atoms with E-state index in [1.54, 1.807) is 21.1 Å². The standard InChI is InChI=1S/C9H16N2O2/c1-9(6-10,8(12-2)13-3)11-7-4-5-7/h7-8,11H,4-5H2,1-3H3. The molecule has 1 rings (SSSR count). The van der Waals surface area contributed by atoms with Gasteiger partial charge in [-0.1, -0.05) is 0 Å². The number of nitriles is 1. The van der Waals surface area contributed by atoms with E-state index in [0.717, 1.165) is 12.8 Å². The van der Waals surface area contributed by atoms with Crippen molar-refractivity contribution in [1.29, 1.82) is 5.26 Å². The van der Waals surface area contributed by atoms with Crippen LogP contribution in [-0.4, -0.2) is 32.1 Å². The molecule has 0 heterocycles. The van der Waals surface area contributed by atoms with Crippen LogP contribution in [0.4, 0.5) is 0 Å². The van der Waals surface area contributed by atoms with Crippen molar-refractivity contribution in [2.24, 2.45) is 0 Å². The van der Waals surface area contributed by atoms with Crippen LogP contribution in [0.3, 0.4) is 0 Å². The third-order valence-corrected chi connectivity index (χ3v) is 2.21. The summed E-state index contributed by atoms with van der Waals surface area (Å²) in [5.74, 6) is 0. The molecular formula is C9H16N2O2. The Morgan fingerprint density at radius 1 is 1.46 bits per heavy atom. The van der Waals surface area contributed by atoms with Gasteiger partial charge in [0.2, 0.25) is 0 Å². The normalized spacial score (nSPS) is 21.2. The Bertz CT molecular complexity index is 206. The lowest BCUT2D eigenvalue weighted by Gasteiger charge is -2.30. The van der Waals surface area contributed by atoms with E-state index in [-0.39, 0.29) is 0 Å². The highest BCUT2D eigenvalue weighted by molar-refractivity contribution is 5.09. The number of ether oxygens (including phenoxy) is 2. The first-order valence-corrected chi connectivity index (χ1v) is 4.41. The smallest absolute Gasteiger partial charge is 0.188 e. The number of nitrogens with zero attached hydrogens (tertiary/aromatic N) is 1. The zero-order valence-electron chi connectivity index (χ0n) is 8.33. The minimum atomic E-state index is -0.745. The molecule has 0 aromatic heterocycles. The number of rotatable bonds is 5. The SMILES string of the molecule is COC(OC)C(C)(C#N)NC1CC1. The maximum absolute atomic E-state index is 9.02. The topological polar surface area (TPSA) is 54.3 Å². The van der Waals surface area contributed by atoms with Crippen molar-refractivity contribution in [3.05, 3.63) is 0 Å². The van der Waals surface area contributed by atoms with Crippen LogP contribution in [0.2, 0.25) is 0 Å². The van der Waals surface area contributed by atoms with Gasteiger partial charge >= 0.3 is 0 Å². The Hall–Kier alpha value is -0.630. The van der Waals surface area contributed by atoms with Crippen LogP contribution in [0, 0.1) is 11.3 Å². The fraction of sp³-hybridized carbons (Fsp3) is 0.889. The van der Waals surface area contributed by atoms with E-state index < -0.39 is 11.8 Å². The summed E-state index contributed by atoms with van der Waals surface area (Å²) in [5, 5.41) is 12.2. The highest BCUT2D eigenvalue weighted by Gasteiger charge is 2.39. The molecule has 1 atom stereocenters. The summed E-state index contributed by atoms with van der Waals surface area (Å²) in [6.45, 7) is 1.79. The molecule has 1 aliphatic rings. The molecule has 74 valence electrons. The average molecular weight is 184 g/mol. The van der Waals surface area contributed by atoms with Gasteiger partial charge in [-0.25, -0.2) is 0 Å². The summed E-state index contributed by atoms with van der Waals surface area (Å²) in [6.07, 6.45) is 1.76. The molecule has 0 radical (unpaired) electrons. The molecule has 1 N–H and O–H groups in total. The van der Waals surface area contributed by atoms with Crippen LogP contribution in [0.25, 0.3) is 0 Å².